The zero-order chi connectivity index (χ0) is 13.7. The summed E-state index contributed by atoms with van der Waals surface area (Å²) in [6.07, 6.45) is 0.0676. The Labute approximate surface area is 114 Å². The van der Waals surface area contributed by atoms with Gasteiger partial charge in [0.2, 0.25) is 0 Å². The average Bonchev–Trinajstić information content (AvgIpc) is 2.38. The van der Waals surface area contributed by atoms with Crippen molar-refractivity contribution in [3.05, 3.63) is 35.4 Å². The van der Waals surface area contributed by atoms with E-state index in [1.807, 2.05) is 18.2 Å². The molecule has 1 aliphatic heterocycles. The molecule has 2 rings (SSSR count). The fourth-order valence-electron chi connectivity index (χ4n) is 2.22. The van der Waals surface area contributed by atoms with Crippen LogP contribution in [0.4, 0.5) is 0 Å². The van der Waals surface area contributed by atoms with Gasteiger partial charge in [-0.25, -0.2) is 0 Å². The largest absolute Gasteiger partial charge is 0.374 e. The maximum Gasteiger partial charge on any atom is 0.0995 e. The molecule has 1 aromatic rings. The van der Waals surface area contributed by atoms with Gasteiger partial charge in [-0.05, 0) is 25.5 Å². The van der Waals surface area contributed by atoms with Crippen LogP contribution in [0, 0.1) is 11.3 Å². The summed E-state index contributed by atoms with van der Waals surface area (Å²) in [6, 6.07) is 9.68. The Morgan fingerprint density at radius 3 is 3.00 bits per heavy atom. The molecule has 0 saturated carbocycles. The lowest BCUT2D eigenvalue weighted by Gasteiger charge is -2.36. The highest BCUT2D eigenvalue weighted by atomic mass is 16.5. The van der Waals surface area contributed by atoms with Crippen molar-refractivity contribution in [3.63, 3.8) is 0 Å². The van der Waals surface area contributed by atoms with Crippen molar-refractivity contribution < 1.29 is 9.47 Å². The minimum absolute atomic E-state index is 0.0676. The SMILES string of the molecule is CC1(C)CNCC(COCc2ccccc2C#N)O1. The van der Waals surface area contributed by atoms with Crippen molar-refractivity contribution >= 4 is 0 Å². The highest BCUT2D eigenvalue weighted by molar-refractivity contribution is 5.36. The summed E-state index contributed by atoms with van der Waals surface area (Å²) < 4.78 is 11.6. The van der Waals surface area contributed by atoms with Crippen LogP contribution < -0.4 is 5.32 Å². The predicted octanol–water partition coefficient (Wildman–Crippen LogP) is 1.84. The van der Waals surface area contributed by atoms with E-state index >= 15 is 0 Å². The molecule has 0 amide bonds. The standard InChI is InChI=1S/C15H20N2O2/c1-15(2)11-17-8-14(19-15)10-18-9-13-6-4-3-5-12(13)7-16/h3-6,14,17H,8-11H2,1-2H3. The van der Waals surface area contributed by atoms with Gasteiger partial charge in [0, 0.05) is 13.1 Å². The topological polar surface area (TPSA) is 54.3 Å². The van der Waals surface area contributed by atoms with Gasteiger partial charge in [0.15, 0.2) is 0 Å². The van der Waals surface area contributed by atoms with Crippen LogP contribution in [0.1, 0.15) is 25.0 Å². The minimum Gasteiger partial charge on any atom is -0.374 e. The summed E-state index contributed by atoms with van der Waals surface area (Å²) in [5.41, 5.74) is 1.45. The average molecular weight is 260 g/mol. The summed E-state index contributed by atoms with van der Waals surface area (Å²) in [4.78, 5) is 0. The van der Waals surface area contributed by atoms with Gasteiger partial charge in [-0.15, -0.1) is 0 Å². The smallest absolute Gasteiger partial charge is 0.0995 e. The number of hydrogen-bond acceptors (Lipinski definition) is 4. The molecule has 1 heterocycles. The number of nitrogens with one attached hydrogen (secondary N) is 1. The van der Waals surface area contributed by atoms with Gasteiger partial charge in [-0.3, -0.25) is 0 Å². The van der Waals surface area contributed by atoms with E-state index < -0.39 is 0 Å². The first kappa shape index (κ1) is 14.0. The van der Waals surface area contributed by atoms with Gasteiger partial charge >= 0.3 is 0 Å². The van der Waals surface area contributed by atoms with Gasteiger partial charge in [0.25, 0.3) is 0 Å². The third-order valence-corrected chi connectivity index (χ3v) is 3.11. The van der Waals surface area contributed by atoms with Gasteiger partial charge in [0.1, 0.15) is 0 Å². The van der Waals surface area contributed by atoms with Crippen molar-refractivity contribution in [2.24, 2.45) is 0 Å². The maximum absolute atomic E-state index is 8.99. The molecule has 0 aliphatic carbocycles. The predicted molar refractivity (Wildman–Crippen MR) is 72.6 cm³/mol. The lowest BCUT2D eigenvalue weighted by Crippen LogP contribution is -2.51. The van der Waals surface area contributed by atoms with E-state index in [0.717, 1.165) is 18.7 Å². The van der Waals surface area contributed by atoms with E-state index in [9.17, 15) is 0 Å². The molecule has 102 valence electrons. The molecule has 1 unspecified atom stereocenters. The van der Waals surface area contributed by atoms with Gasteiger partial charge in [0.05, 0.1) is 36.6 Å². The van der Waals surface area contributed by atoms with E-state index in [0.29, 0.717) is 18.8 Å². The molecular weight excluding hydrogens is 240 g/mol. The van der Waals surface area contributed by atoms with Crippen LogP contribution in [-0.2, 0) is 16.1 Å². The molecule has 0 aromatic heterocycles. The molecule has 0 bridgehead atoms. The third-order valence-electron chi connectivity index (χ3n) is 3.11. The van der Waals surface area contributed by atoms with E-state index in [-0.39, 0.29) is 11.7 Å². The van der Waals surface area contributed by atoms with E-state index in [1.165, 1.54) is 0 Å². The van der Waals surface area contributed by atoms with Crippen molar-refractivity contribution in [2.45, 2.75) is 32.2 Å². The lowest BCUT2D eigenvalue weighted by molar-refractivity contribution is -0.122. The van der Waals surface area contributed by atoms with Crippen LogP contribution in [0.15, 0.2) is 24.3 Å². The summed E-state index contributed by atoms with van der Waals surface area (Å²) in [7, 11) is 0. The zero-order valence-electron chi connectivity index (χ0n) is 11.5. The van der Waals surface area contributed by atoms with Crippen LogP contribution >= 0.6 is 0 Å². The quantitative estimate of drug-likeness (QED) is 0.897. The summed E-state index contributed by atoms with van der Waals surface area (Å²) in [6.45, 7) is 6.79. The second kappa shape index (κ2) is 6.16. The molecule has 1 N–H and O–H groups in total. The number of rotatable bonds is 4. The van der Waals surface area contributed by atoms with Gasteiger partial charge in [-0.2, -0.15) is 5.26 Å². The normalized spacial score (nSPS) is 21.8. The molecule has 0 spiro atoms. The van der Waals surface area contributed by atoms with Crippen LogP contribution in [0.25, 0.3) is 0 Å². The van der Waals surface area contributed by atoms with Crippen molar-refractivity contribution in [3.8, 4) is 6.07 Å². The molecule has 1 aliphatic rings. The monoisotopic (exact) mass is 260 g/mol. The Morgan fingerprint density at radius 2 is 2.26 bits per heavy atom. The van der Waals surface area contributed by atoms with Crippen LogP contribution in [0.3, 0.4) is 0 Å². The van der Waals surface area contributed by atoms with E-state index in [4.69, 9.17) is 14.7 Å². The first-order valence-electron chi connectivity index (χ1n) is 6.55. The van der Waals surface area contributed by atoms with Crippen molar-refractivity contribution in [1.82, 2.24) is 5.32 Å². The van der Waals surface area contributed by atoms with E-state index in [2.05, 4.69) is 25.2 Å². The third kappa shape index (κ3) is 4.03. The molecule has 1 aromatic carbocycles. The summed E-state index contributed by atoms with van der Waals surface area (Å²) in [5.74, 6) is 0. The van der Waals surface area contributed by atoms with Crippen molar-refractivity contribution in [2.75, 3.05) is 19.7 Å². The fourth-order valence-corrected chi connectivity index (χ4v) is 2.22. The lowest BCUT2D eigenvalue weighted by atomic mass is 10.1. The van der Waals surface area contributed by atoms with E-state index in [1.54, 1.807) is 6.07 Å². The van der Waals surface area contributed by atoms with Crippen LogP contribution in [-0.4, -0.2) is 31.4 Å². The Balaban J connectivity index is 1.82. The Morgan fingerprint density at radius 1 is 1.47 bits per heavy atom. The Hall–Kier alpha value is -1.41. The molecular formula is C15H20N2O2. The highest BCUT2D eigenvalue weighted by Crippen LogP contribution is 2.16. The fraction of sp³-hybridized carbons (Fsp3) is 0.533. The second-order valence-electron chi connectivity index (χ2n) is 5.41. The number of morpholine rings is 1. The highest BCUT2D eigenvalue weighted by Gasteiger charge is 2.28. The summed E-state index contributed by atoms with van der Waals surface area (Å²) >= 11 is 0. The van der Waals surface area contributed by atoms with Crippen LogP contribution in [0.2, 0.25) is 0 Å². The number of ether oxygens (including phenoxy) is 2. The minimum atomic E-state index is -0.142. The van der Waals surface area contributed by atoms with Gasteiger partial charge < -0.3 is 14.8 Å². The first-order valence-corrected chi connectivity index (χ1v) is 6.55. The molecule has 19 heavy (non-hydrogen) atoms. The molecule has 0 radical (unpaired) electrons. The zero-order valence-corrected chi connectivity index (χ0v) is 11.5. The molecule has 1 atom stereocenters. The number of nitriles is 1. The first-order chi connectivity index (χ1) is 9.11. The van der Waals surface area contributed by atoms with Crippen molar-refractivity contribution in [1.29, 1.82) is 5.26 Å². The summed E-state index contributed by atoms with van der Waals surface area (Å²) in [5, 5.41) is 12.3. The Bertz CT molecular complexity index is 465. The second-order valence-corrected chi connectivity index (χ2v) is 5.41. The van der Waals surface area contributed by atoms with Crippen LogP contribution in [0.5, 0.6) is 0 Å². The number of nitrogens with zero attached hydrogens (tertiary/aromatic N) is 1. The molecule has 4 nitrogen and oxygen atoms in total. The Kier molecular flexibility index (Phi) is 4.54. The maximum atomic E-state index is 8.99. The molecule has 1 saturated heterocycles. The van der Waals surface area contributed by atoms with Gasteiger partial charge in [-0.1, -0.05) is 18.2 Å². The number of hydrogen-bond donors (Lipinski definition) is 1. The molecule has 4 heteroatoms. The number of benzene rings is 1. The molecule has 1 fully saturated rings.